The molecule has 0 saturated carbocycles. The smallest absolute Gasteiger partial charge is 0.378 e. The van der Waals surface area contributed by atoms with Gasteiger partial charge in [0.15, 0.2) is 0 Å². The molecule has 1 aromatic rings. The van der Waals surface area contributed by atoms with Crippen molar-refractivity contribution in [3.05, 3.63) is 35.4 Å². The lowest BCUT2D eigenvalue weighted by Gasteiger charge is -2.36. The number of hydrogen-bond donors (Lipinski definition) is 1. The van der Waals surface area contributed by atoms with Crippen molar-refractivity contribution >= 4 is 5.91 Å². The van der Waals surface area contributed by atoms with E-state index in [1.54, 1.807) is 14.2 Å². The van der Waals surface area contributed by atoms with Crippen LogP contribution in [0.3, 0.4) is 0 Å². The molecule has 3 atom stereocenters. The van der Waals surface area contributed by atoms with E-state index in [4.69, 9.17) is 14.2 Å². The molecule has 0 bridgehead atoms. The van der Waals surface area contributed by atoms with Gasteiger partial charge in [-0.25, -0.2) is 0 Å². The number of benzene rings is 1. The highest BCUT2D eigenvalue weighted by molar-refractivity contribution is 5.94. The molecule has 1 fully saturated rings. The van der Waals surface area contributed by atoms with Gasteiger partial charge in [0.25, 0.3) is 5.91 Å². The highest BCUT2D eigenvalue weighted by atomic mass is 19.4. The van der Waals surface area contributed by atoms with E-state index in [9.17, 15) is 18.0 Å². The summed E-state index contributed by atoms with van der Waals surface area (Å²) < 4.78 is 53.7. The topological polar surface area (TPSA) is 56.8 Å². The first-order valence-corrected chi connectivity index (χ1v) is 7.45. The van der Waals surface area contributed by atoms with Crippen molar-refractivity contribution in [3.8, 4) is 0 Å². The molecule has 0 spiro atoms. The van der Waals surface area contributed by atoms with E-state index in [1.807, 2.05) is 0 Å². The van der Waals surface area contributed by atoms with Gasteiger partial charge >= 0.3 is 6.18 Å². The minimum absolute atomic E-state index is 0.105. The van der Waals surface area contributed by atoms with Crippen LogP contribution in [0.15, 0.2) is 24.3 Å². The fourth-order valence-corrected chi connectivity index (χ4v) is 2.69. The molecule has 8 heteroatoms. The summed E-state index contributed by atoms with van der Waals surface area (Å²) in [5, 5.41) is 2.70. The number of ether oxygens (including phenoxy) is 3. The van der Waals surface area contributed by atoms with Crippen molar-refractivity contribution < 1.29 is 32.2 Å². The molecule has 0 radical (unpaired) electrons. The van der Waals surface area contributed by atoms with Crippen LogP contribution in [0.2, 0.25) is 0 Å². The zero-order valence-electron chi connectivity index (χ0n) is 13.4. The van der Waals surface area contributed by atoms with Crippen LogP contribution in [-0.2, 0) is 20.4 Å². The van der Waals surface area contributed by atoms with Crippen molar-refractivity contribution in [2.75, 3.05) is 34.0 Å². The summed E-state index contributed by atoms with van der Waals surface area (Å²) in [6.07, 6.45) is -4.87. The summed E-state index contributed by atoms with van der Waals surface area (Å²) in [6.45, 7) is 1.10. The Balaban J connectivity index is 1.95. The van der Waals surface area contributed by atoms with Crippen LogP contribution in [-0.4, -0.2) is 52.1 Å². The second-order valence-corrected chi connectivity index (χ2v) is 5.56. The lowest BCUT2D eigenvalue weighted by Crippen LogP contribution is -2.50. The molecule has 0 unspecified atom stereocenters. The number of nitrogens with one attached hydrogen (secondary N) is 1. The third-order valence-electron chi connectivity index (χ3n) is 4.02. The van der Waals surface area contributed by atoms with Crippen LogP contribution in [0.25, 0.3) is 0 Å². The molecule has 134 valence electrons. The van der Waals surface area contributed by atoms with Crippen LogP contribution in [0.4, 0.5) is 13.2 Å². The first-order valence-electron chi connectivity index (χ1n) is 7.45. The van der Waals surface area contributed by atoms with Crippen molar-refractivity contribution in [1.29, 1.82) is 0 Å². The maximum absolute atomic E-state index is 12.5. The van der Waals surface area contributed by atoms with Gasteiger partial charge in [0.1, 0.15) is 6.10 Å². The minimum atomic E-state index is -4.42. The number of alkyl halides is 3. The fraction of sp³-hybridized carbons (Fsp3) is 0.562. The Bertz CT molecular complexity index is 547. The summed E-state index contributed by atoms with van der Waals surface area (Å²) in [4.78, 5) is 12.1. The highest BCUT2D eigenvalue weighted by Gasteiger charge is 2.34. The van der Waals surface area contributed by atoms with Crippen molar-refractivity contribution in [2.24, 2.45) is 5.92 Å². The number of rotatable bonds is 5. The summed E-state index contributed by atoms with van der Waals surface area (Å²) in [7, 11) is 3.12. The van der Waals surface area contributed by atoms with Gasteiger partial charge in [0.05, 0.1) is 24.9 Å². The SMILES string of the molecule is CO[C@H]1[C@H](CNC(=O)c2ccc(C(F)(F)F)cc2)COC[C@H]1OC. The Hall–Kier alpha value is -1.64. The zero-order chi connectivity index (χ0) is 17.7. The molecule has 1 heterocycles. The maximum Gasteiger partial charge on any atom is 0.416 e. The Morgan fingerprint density at radius 3 is 2.42 bits per heavy atom. The van der Waals surface area contributed by atoms with Crippen LogP contribution in [0, 0.1) is 5.92 Å². The fourth-order valence-electron chi connectivity index (χ4n) is 2.69. The lowest BCUT2D eigenvalue weighted by atomic mass is 9.96. The molecule has 5 nitrogen and oxygen atoms in total. The quantitative estimate of drug-likeness (QED) is 0.886. The molecule has 24 heavy (non-hydrogen) atoms. The van der Waals surface area contributed by atoms with E-state index in [1.165, 1.54) is 0 Å². The van der Waals surface area contributed by atoms with Gasteiger partial charge < -0.3 is 19.5 Å². The number of amides is 1. The summed E-state index contributed by atoms with van der Waals surface area (Å²) in [5.41, 5.74) is -0.626. The number of carbonyl (C=O) groups excluding carboxylic acids is 1. The van der Waals surface area contributed by atoms with Gasteiger partial charge in [0, 0.05) is 32.2 Å². The van der Waals surface area contributed by atoms with E-state index < -0.39 is 17.6 Å². The first kappa shape index (κ1) is 18.7. The predicted octanol–water partition coefficient (Wildman–Crippen LogP) is 2.11. The van der Waals surface area contributed by atoms with E-state index in [-0.39, 0.29) is 30.2 Å². The molecule has 0 aliphatic carbocycles. The normalized spacial score (nSPS) is 24.6. The molecule has 1 N–H and O–H groups in total. The number of carbonyl (C=O) groups is 1. The predicted molar refractivity (Wildman–Crippen MR) is 79.7 cm³/mol. The van der Waals surface area contributed by atoms with Crippen LogP contribution >= 0.6 is 0 Å². The zero-order valence-corrected chi connectivity index (χ0v) is 13.4. The van der Waals surface area contributed by atoms with Crippen molar-refractivity contribution in [1.82, 2.24) is 5.32 Å². The van der Waals surface area contributed by atoms with Crippen molar-refractivity contribution in [2.45, 2.75) is 18.4 Å². The molecule has 1 aliphatic rings. The molecule has 0 aromatic heterocycles. The Kier molecular flexibility index (Phi) is 6.20. The van der Waals surface area contributed by atoms with E-state index >= 15 is 0 Å². The van der Waals surface area contributed by atoms with Crippen molar-refractivity contribution in [3.63, 3.8) is 0 Å². The molecule has 1 aromatic carbocycles. The Morgan fingerprint density at radius 1 is 1.21 bits per heavy atom. The minimum Gasteiger partial charge on any atom is -0.378 e. The second-order valence-electron chi connectivity index (χ2n) is 5.56. The van der Waals surface area contributed by atoms with Gasteiger partial charge in [-0.3, -0.25) is 4.79 Å². The third-order valence-corrected chi connectivity index (χ3v) is 4.02. The van der Waals surface area contributed by atoms with E-state index in [0.29, 0.717) is 13.2 Å². The number of halogens is 3. The largest absolute Gasteiger partial charge is 0.416 e. The molecular formula is C16H20F3NO4. The number of methoxy groups -OCH3 is 2. The van der Waals surface area contributed by atoms with Gasteiger partial charge in [0.2, 0.25) is 0 Å². The molecule has 2 rings (SSSR count). The van der Waals surface area contributed by atoms with Gasteiger partial charge in [-0.15, -0.1) is 0 Å². The van der Waals surface area contributed by atoms with Gasteiger partial charge in [-0.2, -0.15) is 13.2 Å². The highest BCUT2D eigenvalue weighted by Crippen LogP contribution is 2.29. The van der Waals surface area contributed by atoms with Gasteiger partial charge in [-0.1, -0.05) is 0 Å². The van der Waals surface area contributed by atoms with E-state index in [2.05, 4.69) is 5.32 Å². The van der Waals surface area contributed by atoms with Gasteiger partial charge in [-0.05, 0) is 24.3 Å². The molecular weight excluding hydrogens is 327 g/mol. The maximum atomic E-state index is 12.5. The molecule has 1 amide bonds. The van der Waals surface area contributed by atoms with E-state index in [0.717, 1.165) is 24.3 Å². The van der Waals surface area contributed by atoms with Crippen LogP contribution in [0.5, 0.6) is 0 Å². The number of hydrogen-bond acceptors (Lipinski definition) is 4. The third kappa shape index (κ3) is 4.46. The monoisotopic (exact) mass is 347 g/mol. The Morgan fingerprint density at radius 2 is 1.88 bits per heavy atom. The molecule has 1 saturated heterocycles. The molecule has 1 aliphatic heterocycles. The lowest BCUT2D eigenvalue weighted by molar-refractivity contribution is -0.145. The summed E-state index contributed by atoms with van der Waals surface area (Å²) in [6, 6.07) is 4.08. The summed E-state index contributed by atoms with van der Waals surface area (Å²) >= 11 is 0. The average Bonchev–Trinajstić information content (AvgIpc) is 2.58. The van der Waals surface area contributed by atoms with Crippen LogP contribution < -0.4 is 5.32 Å². The second kappa shape index (κ2) is 7.96. The van der Waals surface area contributed by atoms with Crippen LogP contribution in [0.1, 0.15) is 15.9 Å². The summed E-state index contributed by atoms with van der Waals surface area (Å²) in [5.74, 6) is -0.551. The Labute approximate surface area is 138 Å². The first-order chi connectivity index (χ1) is 11.4. The standard InChI is InChI=1S/C16H20F3NO4/c1-22-13-9-24-8-11(14(13)23-2)7-20-15(21)10-3-5-12(6-4-10)16(17,18)19/h3-6,11,13-14H,7-9H2,1-2H3,(H,20,21)/t11-,13-,14+/m1/s1. The average molecular weight is 347 g/mol.